The minimum Gasteiger partial charge on any atom is -0.324 e. The van der Waals surface area contributed by atoms with Crippen molar-refractivity contribution in [3.8, 4) is 0 Å². The van der Waals surface area contributed by atoms with E-state index in [1.165, 1.54) is 25.2 Å². The first kappa shape index (κ1) is 25.3. The van der Waals surface area contributed by atoms with Gasteiger partial charge in [0.25, 0.3) is 10.0 Å². The van der Waals surface area contributed by atoms with E-state index in [0.717, 1.165) is 26.0 Å². The Balaban J connectivity index is 1.95. The summed E-state index contributed by atoms with van der Waals surface area (Å²) in [6, 6.07) is 19.5. The average molecular weight is 502 g/mol. The third-order valence-electron chi connectivity index (χ3n) is 5.45. The van der Waals surface area contributed by atoms with E-state index < -0.39 is 32.5 Å². The maximum absolute atomic E-state index is 13.5. The number of benzene rings is 3. The number of aryl methyl sites for hydroxylation is 1. The van der Waals surface area contributed by atoms with E-state index in [-0.39, 0.29) is 4.90 Å². The summed E-state index contributed by atoms with van der Waals surface area (Å²) in [6.07, 6.45) is 1.08. The molecular weight excluding hydrogens is 474 g/mol. The Morgan fingerprint density at radius 1 is 0.882 bits per heavy atom. The van der Waals surface area contributed by atoms with Crippen molar-refractivity contribution in [2.24, 2.45) is 0 Å². The van der Waals surface area contributed by atoms with Gasteiger partial charge in [-0.3, -0.25) is 13.4 Å². The molecule has 1 N–H and O–H groups in total. The summed E-state index contributed by atoms with van der Waals surface area (Å²) in [5.41, 5.74) is 2.75. The van der Waals surface area contributed by atoms with Gasteiger partial charge in [0.2, 0.25) is 15.9 Å². The largest absolute Gasteiger partial charge is 0.324 e. The van der Waals surface area contributed by atoms with Gasteiger partial charge >= 0.3 is 0 Å². The van der Waals surface area contributed by atoms with Crippen molar-refractivity contribution in [2.45, 2.75) is 18.7 Å². The molecule has 0 fully saturated rings. The van der Waals surface area contributed by atoms with Gasteiger partial charge in [0, 0.05) is 12.7 Å². The first-order valence-electron chi connectivity index (χ1n) is 10.4. The molecule has 0 heterocycles. The zero-order chi connectivity index (χ0) is 25.1. The van der Waals surface area contributed by atoms with Crippen molar-refractivity contribution in [1.29, 1.82) is 0 Å². The number of anilines is 3. The van der Waals surface area contributed by atoms with Crippen LogP contribution >= 0.6 is 0 Å². The predicted molar refractivity (Wildman–Crippen MR) is 135 cm³/mol. The van der Waals surface area contributed by atoms with Crippen molar-refractivity contribution < 1.29 is 21.6 Å². The normalized spacial score (nSPS) is 11.6. The summed E-state index contributed by atoms with van der Waals surface area (Å²) in [5.74, 6) is -0.570. The Morgan fingerprint density at radius 3 is 2.18 bits per heavy atom. The number of rotatable bonds is 8. The van der Waals surface area contributed by atoms with Crippen LogP contribution in [0.15, 0.2) is 77.7 Å². The molecule has 0 aliphatic heterocycles. The van der Waals surface area contributed by atoms with E-state index >= 15 is 0 Å². The van der Waals surface area contributed by atoms with Crippen LogP contribution in [0.25, 0.3) is 0 Å². The average Bonchev–Trinajstić information content (AvgIpc) is 2.79. The van der Waals surface area contributed by atoms with Gasteiger partial charge in [0.05, 0.1) is 22.5 Å². The van der Waals surface area contributed by atoms with Crippen molar-refractivity contribution in [1.82, 2.24) is 0 Å². The molecular formula is C24H27N3O5S2. The summed E-state index contributed by atoms with van der Waals surface area (Å²) in [4.78, 5) is 13.1. The minimum atomic E-state index is -4.04. The third-order valence-corrected chi connectivity index (χ3v) is 8.43. The first-order valence-corrected chi connectivity index (χ1v) is 13.7. The lowest BCUT2D eigenvalue weighted by Crippen LogP contribution is -2.38. The summed E-state index contributed by atoms with van der Waals surface area (Å²) in [7, 11) is -6.11. The molecule has 1 amide bonds. The lowest BCUT2D eigenvalue weighted by atomic mass is 10.1. The van der Waals surface area contributed by atoms with E-state index in [0.29, 0.717) is 17.1 Å². The highest BCUT2D eigenvalue weighted by molar-refractivity contribution is 7.93. The van der Waals surface area contributed by atoms with Crippen LogP contribution < -0.4 is 13.9 Å². The van der Waals surface area contributed by atoms with Gasteiger partial charge in [0.15, 0.2) is 0 Å². The quantitative estimate of drug-likeness (QED) is 0.509. The first-order chi connectivity index (χ1) is 15.9. The molecule has 0 spiro atoms. The van der Waals surface area contributed by atoms with Gasteiger partial charge in [-0.25, -0.2) is 16.8 Å². The van der Waals surface area contributed by atoms with Gasteiger partial charge in [-0.05, 0) is 61.4 Å². The maximum atomic E-state index is 13.5. The number of hydrogen-bond donors (Lipinski definition) is 1. The molecule has 3 aromatic rings. The molecule has 3 aromatic carbocycles. The second-order valence-corrected chi connectivity index (χ2v) is 11.7. The molecule has 0 radical (unpaired) electrons. The highest BCUT2D eigenvalue weighted by Crippen LogP contribution is 2.29. The van der Waals surface area contributed by atoms with Gasteiger partial charge in [-0.2, -0.15) is 0 Å². The van der Waals surface area contributed by atoms with Crippen LogP contribution in [0.5, 0.6) is 0 Å². The van der Waals surface area contributed by atoms with E-state index in [1.54, 1.807) is 55.5 Å². The molecule has 10 heteroatoms. The Morgan fingerprint density at radius 2 is 1.53 bits per heavy atom. The molecule has 0 saturated carbocycles. The lowest BCUT2D eigenvalue weighted by molar-refractivity contribution is -0.114. The van der Waals surface area contributed by atoms with Crippen molar-refractivity contribution in [2.75, 3.05) is 33.8 Å². The zero-order valence-electron chi connectivity index (χ0n) is 19.4. The summed E-state index contributed by atoms with van der Waals surface area (Å²) >= 11 is 0. The number of carbonyl (C=O) groups excluding carboxylic acids is 1. The Labute approximate surface area is 200 Å². The van der Waals surface area contributed by atoms with Crippen LogP contribution in [-0.4, -0.2) is 42.6 Å². The maximum Gasteiger partial charge on any atom is 0.264 e. The van der Waals surface area contributed by atoms with Crippen LogP contribution in [0, 0.1) is 13.8 Å². The summed E-state index contributed by atoms with van der Waals surface area (Å²) in [6.45, 7) is 3.21. The Bertz CT molecular complexity index is 1410. The molecule has 34 heavy (non-hydrogen) atoms. The van der Waals surface area contributed by atoms with E-state index in [9.17, 15) is 21.6 Å². The van der Waals surface area contributed by atoms with Crippen molar-refractivity contribution >= 4 is 43.0 Å². The van der Waals surface area contributed by atoms with Crippen LogP contribution in [0.4, 0.5) is 17.1 Å². The molecule has 0 atom stereocenters. The lowest BCUT2D eigenvalue weighted by Gasteiger charge is -2.26. The number of nitrogens with zero attached hydrogens (tertiary/aromatic N) is 2. The second kappa shape index (κ2) is 9.86. The standard InChI is InChI=1S/C24H27N3O5S2/c1-18-10-8-15-23(19(18)2)27(34(31,32)22-13-6-5-7-14-22)17-24(28)25-20-11-9-12-21(16-20)26(3)33(4,29)30/h5-16H,17H2,1-4H3,(H,25,28). The fraction of sp³-hybridized carbons (Fsp3) is 0.208. The van der Waals surface area contributed by atoms with Gasteiger partial charge in [-0.15, -0.1) is 0 Å². The van der Waals surface area contributed by atoms with Crippen molar-refractivity contribution in [3.63, 3.8) is 0 Å². The molecule has 0 aliphatic carbocycles. The van der Waals surface area contributed by atoms with Crippen LogP contribution in [0.3, 0.4) is 0 Å². The molecule has 0 saturated heterocycles. The predicted octanol–water partition coefficient (Wildman–Crippen LogP) is 3.53. The Kier molecular flexibility index (Phi) is 7.32. The SMILES string of the molecule is Cc1cccc(N(CC(=O)Nc2cccc(N(C)S(C)(=O)=O)c2)S(=O)(=O)c2ccccc2)c1C. The summed E-state index contributed by atoms with van der Waals surface area (Å²) in [5, 5.41) is 2.68. The molecule has 3 rings (SSSR count). The van der Waals surface area contributed by atoms with Crippen LogP contribution in [0.1, 0.15) is 11.1 Å². The fourth-order valence-electron chi connectivity index (χ4n) is 3.33. The molecule has 0 bridgehead atoms. The van der Waals surface area contributed by atoms with Gasteiger partial charge in [-0.1, -0.05) is 36.4 Å². The number of amides is 1. The molecule has 0 aromatic heterocycles. The van der Waals surface area contributed by atoms with Crippen LogP contribution in [0.2, 0.25) is 0 Å². The Hall–Kier alpha value is -3.37. The second-order valence-electron chi connectivity index (χ2n) is 7.87. The monoisotopic (exact) mass is 501 g/mol. The third kappa shape index (κ3) is 5.57. The number of nitrogens with one attached hydrogen (secondary N) is 1. The molecule has 0 aliphatic rings. The topological polar surface area (TPSA) is 104 Å². The van der Waals surface area contributed by atoms with E-state index in [2.05, 4.69) is 5.32 Å². The highest BCUT2D eigenvalue weighted by atomic mass is 32.2. The number of carbonyl (C=O) groups is 1. The molecule has 180 valence electrons. The number of hydrogen-bond acceptors (Lipinski definition) is 5. The molecule has 0 unspecified atom stereocenters. The molecule has 8 nitrogen and oxygen atoms in total. The fourth-order valence-corrected chi connectivity index (χ4v) is 5.32. The van der Waals surface area contributed by atoms with Gasteiger partial charge in [0.1, 0.15) is 6.54 Å². The number of sulfonamides is 2. The van der Waals surface area contributed by atoms with Gasteiger partial charge < -0.3 is 5.32 Å². The van der Waals surface area contributed by atoms with Crippen molar-refractivity contribution in [3.05, 3.63) is 83.9 Å². The highest BCUT2D eigenvalue weighted by Gasteiger charge is 2.28. The van der Waals surface area contributed by atoms with E-state index in [4.69, 9.17) is 0 Å². The van der Waals surface area contributed by atoms with Crippen LogP contribution in [-0.2, 0) is 24.8 Å². The van der Waals surface area contributed by atoms with E-state index in [1.807, 2.05) is 13.0 Å². The minimum absolute atomic E-state index is 0.0699. The summed E-state index contributed by atoms with van der Waals surface area (Å²) < 4.78 is 52.9. The zero-order valence-corrected chi connectivity index (χ0v) is 21.0. The smallest absolute Gasteiger partial charge is 0.264 e.